The zero-order chi connectivity index (χ0) is 50.3. The highest BCUT2D eigenvalue weighted by Gasteiger charge is 2.48. The molecule has 0 spiro atoms. The van der Waals surface area contributed by atoms with Crippen molar-refractivity contribution >= 4 is 16.4 Å². The van der Waals surface area contributed by atoms with Crippen LogP contribution in [0.2, 0.25) is 0 Å². The third-order valence-electron chi connectivity index (χ3n) is 11.1. The van der Waals surface area contributed by atoms with Gasteiger partial charge in [-0.05, 0) is 103 Å². The fourth-order valence-corrected chi connectivity index (χ4v) is 7.72. The summed E-state index contributed by atoms with van der Waals surface area (Å²) in [5.74, 6) is -0.427. The molecule has 0 bridgehead atoms. The van der Waals surface area contributed by atoms with Gasteiger partial charge in [0.05, 0.1) is 19.8 Å². The van der Waals surface area contributed by atoms with E-state index >= 15 is 0 Å². The van der Waals surface area contributed by atoms with Gasteiger partial charge in [0.1, 0.15) is 30.5 Å². The lowest BCUT2D eigenvalue weighted by atomic mass is 9.99. The molecule has 69 heavy (non-hydrogen) atoms. The van der Waals surface area contributed by atoms with E-state index in [4.69, 9.17) is 18.9 Å². The largest absolute Gasteiger partial charge is 0.457 e. The molecule has 6 unspecified atom stereocenters. The minimum atomic E-state index is -5.08. The SMILES string of the molecule is CC/C=C\C/C=C\C/C=C\C/C=C\C/C=C\C/C=C\C/C=C\CCCCOCC(COC1OC(CO)C(O)C(OS(=O)(=O)O)C1O)OC(=O)CCCCCCCCC/C=C\C/C=C\CCCCCC. The summed E-state index contributed by atoms with van der Waals surface area (Å²) < 4.78 is 59.2. The Morgan fingerprint density at radius 1 is 0.565 bits per heavy atom. The summed E-state index contributed by atoms with van der Waals surface area (Å²) in [6.45, 7) is 3.73. The number of allylic oxidation sites excluding steroid dienone is 18. The molecular weight excluding hydrogens is 897 g/mol. The molecule has 0 radical (unpaired) electrons. The molecule has 6 atom stereocenters. The molecule has 0 aliphatic carbocycles. The van der Waals surface area contributed by atoms with Crippen LogP contribution in [-0.2, 0) is 38.3 Å². The second-order valence-corrected chi connectivity index (χ2v) is 18.4. The zero-order valence-electron chi connectivity index (χ0n) is 42.3. The van der Waals surface area contributed by atoms with E-state index in [2.05, 4.69) is 127 Å². The van der Waals surface area contributed by atoms with Gasteiger partial charge in [-0.1, -0.05) is 175 Å². The first kappa shape index (κ1) is 63.8. The second-order valence-electron chi connectivity index (χ2n) is 17.4. The maximum absolute atomic E-state index is 12.9. The van der Waals surface area contributed by atoms with Crippen LogP contribution in [0.1, 0.15) is 174 Å². The Morgan fingerprint density at radius 2 is 1.00 bits per heavy atom. The van der Waals surface area contributed by atoms with E-state index in [1.807, 2.05) is 0 Å². The highest BCUT2D eigenvalue weighted by molar-refractivity contribution is 7.80. The predicted molar refractivity (Wildman–Crippen MR) is 280 cm³/mol. The third kappa shape index (κ3) is 39.1. The monoisotopic (exact) mass is 989 g/mol. The van der Waals surface area contributed by atoms with Crippen LogP contribution in [0.4, 0.5) is 0 Å². The number of unbranched alkanes of at least 4 members (excludes halogenated alkanes) is 13. The number of aliphatic hydroxyl groups is 3. The number of hydrogen-bond donors (Lipinski definition) is 4. The Hall–Kier alpha value is -3.24. The van der Waals surface area contributed by atoms with Crippen LogP contribution in [0.25, 0.3) is 0 Å². The number of esters is 1. The first-order valence-electron chi connectivity index (χ1n) is 26.1. The quantitative estimate of drug-likeness (QED) is 0.0197. The summed E-state index contributed by atoms with van der Waals surface area (Å²) >= 11 is 0. The molecule has 1 rings (SSSR count). The van der Waals surface area contributed by atoms with Gasteiger partial charge in [-0.25, -0.2) is 4.18 Å². The van der Waals surface area contributed by atoms with Crippen molar-refractivity contribution < 1.29 is 56.2 Å². The second kappa shape index (κ2) is 45.9. The third-order valence-corrected chi connectivity index (χ3v) is 11.6. The van der Waals surface area contributed by atoms with Crippen molar-refractivity contribution in [2.45, 2.75) is 211 Å². The summed E-state index contributed by atoms with van der Waals surface area (Å²) in [7, 11) is -5.08. The van der Waals surface area contributed by atoms with Gasteiger partial charge in [0.15, 0.2) is 6.29 Å². The summed E-state index contributed by atoms with van der Waals surface area (Å²) in [6, 6.07) is 0. The maximum atomic E-state index is 12.9. The van der Waals surface area contributed by atoms with E-state index in [1.165, 1.54) is 44.9 Å². The molecule has 0 aromatic carbocycles. The summed E-state index contributed by atoms with van der Waals surface area (Å²) in [5, 5.41) is 30.8. The molecular formula is C56H92O12S. The van der Waals surface area contributed by atoms with Gasteiger partial charge in [-0.3, -0.25) is 9.35 Å². The summed E-state index contributed by atoms with van der Waals surface area (Å²) in [5.41, 5.74) is 0. The molecule has 1 saturated heterocycles. The Labute approximate surface area is 418 Å². The maximum Gasteiger partial charge on any atom is 0.397 e. The molecule has 4 N–H and O–H groups in total. The molecule has 1 aliphatic heterocycles. The van der Waals surface area contributed by atoms with E-state index < -0.39 is 59.8 Å². The van der Waals surface area contributed by atoms with Gasteiger partial charge < -0.3 is 34.3 Å². The van der Waals surface area contributed by atoms with Crippen LogP contribution in [-0.4, -0.2) is 97.5 Å². The average molecular weight is 989 g/mol. The first-order valence-corrected chi connectivity index (χ1v) is 27.5. The smallest absolute Gasteiger partial charge is 0.397 e. The van der Waals surface area contributed by atoms with Gasteiger partial charge in [0.2, 0.25) is 0 Å². The highest BCUT2D eigenvalue weighted by atomic mass is 32.3. The Kier molecular flexibility index (Phi) is 42.4. The fourth-order valence-electron chi connectivity index (χ4n) is 7.21. The Balaban J connectivity index is 2.42. The number of aliphatic hydroxyl groups excluding tert-OH is 3. The molecule has 1 fully saturated rings. The van der Waals surface area contributed by atoms with Crippen molar-refractivity contribution in [2.24, 2.45) is 0 Å². The standard InChI is InChI=1S/C56H92O12S/c1-3-5-7-9-11-13-15-17-19-21-23-24-25-26-27-28-30-32-34-36-38-40-42-44-46-64-48-50(49-65-56-54(60)55(68-69(61,62)63)53(59)51(47-57)67-56)66-52(58)45-43-41-39-37-35-33-31-29-22-20-18-16-14-12-10-8-6-4-2/h5,7,11,13-14,16-17,19-20,22-24,26-27,30,32,36,38,50-51,53-57,59-60H,3-4,6,8-10,12,15,18,21,25,28-29,31,33-35,37,39-49H2,1-2H3,(H,61,62,63)/b7-5-,13-11-,16-14-,19-17-,22-20-,24-23-,27-26-,32-30-,38-36-. The number of ether oxygens (including phenoxy) is 4. The lowest BCUT2D eigenvalue weighted by molar-refractivity contribution is -0.301. The number of hydrogen-bond acceptors (Lipinski definition) is 11. The van der Waals surface area contributed by atoms with E-state index in [1.54, 1.807) is 0 Å². The van der Waals surface area contributed by atoms with Gasteiger partial charge in [-0.2, -0.15) is 8.42 Å². The van der Waals surface area contributed by atoms with Gasteiger partial charge in [-0.15, -0.1) is 0 Å². The van der Waals surface area contributed by atoms with Crippen molar-refractivity contribution in [1.29, 1.82) is 0 Å². The van der Waals surface area contributed by atoms with Crippen LogP contribution in [0.3, 0.4) is 0 Å². The number of rotatable bonds is 44. The average Bonchev–Trinajstić information content (AvgIpc) is 3.32. The van der Waals surface area contributed by atoms with Crippen LogP contribution in [0, 0.1) is 0 Å². The first-order chi connectivity index (χ1) is 33.6. The van der Waals surface area contributed by atoms with Crippen LogP contribution >= 0.6 is 0 Å². The number of carbonyl (C=O) groups excluding carboxylic acids is 1. The molecule has 394 valence electrons. The molecule has 12 nitrogen and oxygen atoms in total. The molecule has 0 saturated carbocycles. The minimum absolute atomic E-state index is 0.00487. The fraction of sp³-hybridized carbons (Fsp3) is 0.661. The molecule has 0 aromatic rings. The lowest BCUT2D eigenvalue weighted by Crippen LogP contribution is -2.60. The van der Waals surface area contributed by atoms with E-state index in [9.17, 15) is 33.1 Å². The highest BCUT2D eigenvalue weighted by Crippen LogP contribution is 2.26. The van der Waals surface area contributed by atoms with E-state index in [-0.39, 0.29) is 19.6 Å². The molecule has 13 heteroatoms. The van der Waals surface area contributed by atoms with Gasteiger partial charge in [0.25, 0.3) is 0 Å². The molecule has 1 aliphatic rings. The van der Waals surface area contributed by atoms with Gasteiger partial charge >= 0.3 is 16.4 Å². The van der Waals surface area contributed by atoms with E-state index in [0.717, 1.165) is 103 Å². The van der Waals surface area contributed by atoms with Crippen LogP contribution in [0.15, 0.2) is 109 Å². The molecule has 0 amide bonds. The van der Waals surface area contributed by atoms with Crippen molar-refractivity contribution in [2.75, 3.05) is 26.4 Å². The van der Waals surface area contributed by atoms with Crippen molar-refractivity contribution in [3.8, 4) is 0 Å². The van der Waals surface area contributed by atoms with Crippen LogP contribution < -0.4 is 0 Å². The van der Waals surface area contributed by atoms with Crippen molar-refractivity contribution in [3.05, 3.63) is 109 Å². The predicted octanol–water partition coefficient (Wildman–Crippen LogP) is 12.4. The Morgan fingerprint density at radius 3 is 1.46 bits per heavy atom. The van der Waals surface area contributed by atoms with Crippen molar-refractivity contribution in [1.82, 2.24) is 0 Å². The van der Waals surface area contributed by atoms with Crippen molar-refractivity contribution in [3.63, 3.8) is 0 Å². The van der Waals surface area contributed by atoms with Crippen LogP contribution in [0.5, 0.6) is 0 Å². The summed E-state index contributed by atoms with van der Waals surface area (Å²) in [4.78, 5) is 12.9. The lowest BCUT2D eigenvalue weighted by Gasteiger charge is -2.41. The minimum Gasteiger partial charge on any atom is -0.457 e. The summed E-state index contributed by atoms with van der Waals surface area (Å²) in [6.07, 6.45) is 55.5. The molecule has 0 aromatic heterocycles. The Bertz CT molecular complexity index is 1610. The van der Waals surface area contributed by atoms with E-state index in [0.29, 0.717) is 13.0 Å². The topological polar surface area (TPSA) is 178 Å². The number of carbonyl (C=O) groups is 1. The normalized spacial score (nSPS) is 20.1. The zero-order valence-corrected chi connectivity index (χ0v) is 43.1. The van der Waals surface area contributed by atoms with Gasteiger partial charge in [0, 0.05) is 13.0 Å². The molecule has 1 heterocycles.